The summed E-state index contributed by atoms with van der Waals surface area (Å²) >= 11 is 0. The summed E-state index contributed by atoms with van der Waals surface area (Å²) in [6, 6.07) is 6.78. The zero-order chi connectivity index (χ0) is 13.7. The molecule has 1 saturated carbocycles. The number of methoxy groups -OCH3 is 2. The fourth-order valence-electron chi connectivity index (χ4n) is 1.77. The van der Waals surface area contributed by atoms with E-state index in [0.717, 1.165) is 18.0 Å². The Hall–Kier alpha value is -1.26. The third-order valence-corrected chi connectivity index (χ3v) is 3.28. The van der Waals surface area contributed by atoms with Crippen LogP contribution < -0.4 is 14.8 Å². The maximum absolute atomic E-state index is 5.70. The van der Waals surface area contributed by atoms with E-state index in [9.17, 15) is 0 Å². The number of hydrogen-bond acceptors (Lipinski definition) is 4. The summed E-state index contributed by atoms with van der Waals surface area (Å²) in [5.41, 5.74) is 1.22. The third-order valence-electron chi connectivity index (χ3n) is 3.28. The van der Waals surface area contributed by atoms with Crippen LogP contribution in [-0.4, -0.2) is 33.0 Å². The summed E-state index contributed by atoms with van der Waals surface area (Å²) in [6.07, 6.45) is 2.67. The molecule has 0 heterocycles. The topological polar surface area (TPSA) is 39.7 Å². The summed E-state index contributed by atoms with van der Waals surface area (Å²) < 4.78 is 16.2. The highest BCUT2D eigenvalue weighted by molar-refractivity contribution is 5.43. The standard InChI is InChI=1S/C15H23NO3/c1-11(17-2)10-19-14-7-4-12(8-15(14)18-3)9-16-13-5-6-13/h4,7-8,11,13,16H,5-6,9-10H2,1-3H3. The van der Waals surface area contributed by atoms with Crippen molar-refractivity contribution in [2.45, 2.75) is 38.5 Å². The summed E-state index contributed by atoms with van der Waals surface area (Å²) in [6.45, 7) is 3.38. The highest BCUT2D eigenvalue weighted by Crippen LogP contribution is 2.28. The first kappa shape index (κ1) is 14.2. The zero-order valence-electron chi connectivity index (χ0n) is 11.9. The molecule has 1 aromatic rings. The quantitative estimate of drug-likeness (QED) is 0.783. The van der Waals surface area contributed by atoms with Gasteiger partial charge in [-0.3, -0.25) is 0 Å². The molecule has 0 aliphatic heterocycles. The van der Waals surface area contributed by atoms with Crippen LogP contribution in [-0.2, 0) is 11.3 Å². The minimum Gasteiger partial charge on any atom is -0.493 e. The molecule has 1 unspecified atom stereocenters. The molecule has 1 aliphatic carbocycles. The lowest BCUT2D eigenvalue weighted by Gasteiger charge is -2.15. The van der Waals surface area contributed by atoms with E-state index < -0.39 is 0 Å². The van der Waals surface area contributed by atoms with Gasteiger partial charge in [0.2, 0.25) is 0 Å². The van der Waals surface area contributed by atoms with Crippen LogP contribution >= 0.6 is 0 Å². The molecule has 0 spiro atoms. The fraction of sp³-hybridized carbons (Fsp3) is 0.600. The molecule has 0 amide bonds. The predicted octanol–water partition coefficient (Wildman–Crippen LogP) is 2.36. The van der Waals surface area contributed by atoms with Crippen LogP contribution in [0.15, 0.2) is 18.2 Å². The van der Waals surface area contributed by atoms with Gasteiger partial charge < -0.3 is 19.5 Å². The minimum atomic E-state index is 0.0703. The van der Waals surface area contributed by atoms with Crippen LogP contribution in [0.1, 0.15) is 25.3 Å². The lowest BCUT2D eigenvalue weighted by Crippen LogP contribution is -2.17. The molecule has 1 aliphatic rings. The van der Waals surface area contributed by atoms with E-state index in [-0.39, 0.29) is 6.10 Å². The monoisotopic (exact) mass is 265 g/mol. The molecule has 19 heavy (non-hydrogen) atoms. The Bertz CT molecular complexity index is 404. The molecule has 2 rings (SSSR count). The van der Waals surface area contributed by atoms with Crippen LogP contribution in [0.5, 0.6) is 11.5 Å². The van der Waals surface area contributed by atoms with E-state index in [1.807, 2.05) is 19.1 Å². The SMILES string of the molecule is COc1cc(CNC2CC2)ccc1OCC(C)OC. The molecular weight excluding hydrogens is 242 g/mol. The van der Waals surface area contributed by atoms with E-state index in [0.29, 0.717) is 12.6 Å². The van der Waals surface area contributed by atoms with Gasteiger partial charge in [-0.25, -0.2) is 0 Å². The molecule has 0 aromatic heterocycles. The second-order valence-electron chi connectivity index (χ2n) is 5.00. The molecule has 0 bridgehead atoms. The van der Waals surface area contributed by atoms with Gasteiger partial charge in [0, 0.05) is 19.7 Å². The summed E-state index contributed by atoms with van der Waals surface area (Å²) in [5.74, 6) is 1.54. The molecule has 0 radical (unpaired) electrons. The predicted molar refractivity (Wildman–Crippen MR) is 74.8 cm³/mol. The average Bonchev–Trinajstić information content (AvgIpc) is 3.26. The normalized spacial score (nSPS) is 16.2. The Labute approximate surface area is 115 Å². The average molecular weight is 265 g/mol. The van der Waals surface area contributed by atoms with Crippen LogP contribution in [0.4, 0.5) is 0 Å². The van der Waals surface area contributed by atoms with Gasteiger partial charge >= 0.3 is 0 Å². The van der Waals surface area contributed by atoms with Crippen molar-refractivity contribution < 1.29 is 14.2 Å². The van der Waals surface area contributed by atoms with Gasteiger partial charge in [0.15, 0.2) is 11.5 Å². The Kier molecular flexibility index (Phi) is 5.05. The van der Waals surface area contributed by atoms with E-state index in [1.165, 1.54) is 18.4 Å². The zero-order valence-corrected chi connectivity index (χ0v) is 11.9. The first-order valence-corrected chi connectivity index (χ1v) is 6.79. The fourth-order valence-corrected chi connectivity index (χ4v) is 1.77. The summed E-state index contributed by atoms with van der Waals surface area (Å²) in [7, 11) is 3.35. The van der Waals surface area contributed by atoms with Gasteiger partial charge in [-0.05, 0) is 37.5 Å². The Balaban J connectivity index is 1.94. The van der Waals surface area contributed by atoms with E-state index in [1.54, 1.807) is 14.2 Å². The number of nitrogens with one attached hydrogen (secondary N) is 1. The van der Waals surface area contributed by atoms with Crippen molar-refractivity contribution in [3.8, 4) is 11.5 Å². The molecule has 4 nitrogen and oxygen atoms in total. The van der Waals surface area contributed by atoms with Crippen molar-refractivity contribution >= 4 is 0 Å². The summed E-state index contributed by atoms with van der Waals surface area (Å²) in [4.78, 5) is 0. The second-order valence-corrected chi connectivity index (χ2v) is 5.00. The number of benzene rings is 1. The van der Waals surface area contributed by atoms with Crippen molar-refractivity contribution in [2.24, 2.45) is 0 Å². The number of hydrogen-bond donors (Lipinski definition) is 1. The second kappa shape index (κ2) is 6.78. The minimum absolute atomic E-state index is 0.0703. The lowest BCUT2D eigenvalue weighted by atomic mass is 10.2. The molecular formula is C15H23NO3. The van der Waals surface area contributed by atoms with E-state index >= 15 is 0 Å². The van der Waals surface area contributed by atoms with Crippen molar-refractivity contribution in [3.63, 3.8) is 0 Å². The maximum atomic E-state index is 5.70. The van der Waals surface area contributed by atoms with Crippen LogP contribution in [0, 0.1) is 0 Å². The van der Waals surface area contributed by atoms with Gasteiger partial charge in [-0.1, -0.05) is 6.07 Å². The lowest BCUT2D eigenvalue weighted by molar-refractivity contribution is 0.0706. The molecule has 1 atom stereocenters. The van der Waals surface area contributed by atoms with Gasteiger partial charge in [0.25, 0.3) is 0 Å². The van der Waals surface area contributed by atoms with E-state index in [4.69, 9.17) is 14.2 Å². The van der Waals surface area contributed by atoms with Crippen LogP contribution in [0.2, 0.25) is 0 Å². The Morgan fingerprint density at radius 1 is 1.26 bits per heavy atom. The van der Waals surface area contributed by atoms with Gasteiger partial charge in [-0.15, -0.1) is 0 Å². The summed E-state index contributed by atoms with van der Waals surface area (Å²) in [5, 5.41) is 3.49. The third kappa shape index (κ3) is 4.40. The molecule has 1 fully saturated rings. The van der Waals surface area contributed by atoms with Crippen molar-refractivity contribution in [1.82, 2.24) is 5.32 Å². The smallest absolute Gasteiger partial charge is 0.161 e. The molecule has 1 N–H and O–H groups in total. The van der Waals surface area contributed by atoms with Crippen LogP contribution in [0.3, 0.4) is 0 Å². The molecule has 106 valence electrons. The number of rotatable bonds is 8. The van der Waals surface area contributed by atoms with E-state index in [2.05, 4.69) is 11.4 Å². The number of ether oxygens (including phenoxy) is 3. The van der Waals surface area contributed by atoms with Gasteiger partial charge in [0.1, 0.15) is 6.61 Å². The highest BCUT2D eigenvalue weighted by Gasteiger charge is 2.20. The van der Waals surface area contributed by atoms with Crippen molar-refractivity contribution in [1.29, 1.82) is 0 Å². The van der Waals surface area contributed by atoms with Gasteiger partial charge in [0.05, 0.1) is 13.2 Å². The van der Waals surface area contributed by atoms with Crippen molar-refractivity contribution in [2.75, 3.05) is 20.8 Å². The first-order chi connectivity index (χ1) is 9.22. The Morgan fingerprint density at radius 3 is 2.68 bits per heavy atom. The van der Waals surface area contributed by atoms with Crippen LogP contribution in [0.25, 0.3) is 0 Å². The van der Waals surface area contributed by atoms with Gasteiger partial charge in [-0.2, -0.15) is 0 Å². The Morgan fingerprint density at radius 2 is 2.05 bits per heavy atom. The first-order valence-electron chi connectivity index (χ1n) is 6.79. The van der Waals surface area contributed by atoms with Crippen molar-refractivity contribution in [3.05, 3.63) is 23.8 Å². The molecule has 4 heteroatoms. The highest BCUT2D eigenvalue weighted by atomic mass is 16.5. The molecule has 0 saturated heterocycles. The largest absolute Gasteiger partial charge is 0.493 e. The molecule has 1 aromatic carbocycles. The maximum Gasteiger partial charge on any atom is 0.161 e.